The maximum absolute atomic E-state index is 3.81. The Labute approximate surface area is 122 Å². The van der Waals surface area contributed by atoms with Gasteiger partial charge >= 0.3 is 0 Å². The highest BCUT2D eigenvalue weighted by atomic mass is 15.0. The molecule has 20 heavy (non-hydrogen) atoms. The van der Waals surface area contributed by atoms with E-state index in [1.165, 1.54) is 54.1 Å². The molecule has 0 saturated heterocycles. The molecule has 0 saturated carbocycles. The summed E-state index contributed by atoms with van der Waals surface area (Å²) in [7, 11) is 0. The van der Waals surface area contributed by atoms with Gasteiger partial charge in [-0.25, -0.2) is 0 Å². The van der Waals surface area contributed by atoms with Gasteiger partial charge in [0.2, 0.25) is 0 Å². The number of benzene rings is 2. The SMILES string of the molecule is CCCCCCC1(C)Cc2cccc3cccc(c23)N1. The normalized spacial score (nSPS) is 20.9. The molecule has 0 spiro atoms. The first-order chi connectivity index (χ1) is 9.72. The lowest BCUT2D eigenvalue weighted by Crippen LogP contribution is -2.39. The second kappa shape index (κ2) is 5.47. The molecule has 3 rings (SSSR count). The Bertz CT molecular complexity index is 559. The van der Waals surface area contributed by atoms with E-state index in [2.05, 4.69) is 55.6 Å². The summed E-state index contributed by atoms with van der Waals surface area (Å²) in [4.78, 5) is 0. The lowest BCUT2D eigenvalue weighted by Gasteiger charge is -2.37. The minimum atomic E-state index is 0.219. The Balaban J connectivity index is 1.83. The molecule has 0 bridgehead atoms. The maximum atomic E-state index is 3.81. The van der Waals surface area contributed by atoms with Crippen LogP contribution in [-0.2, 0) is 6.42 Å². The van der Waals surface area contributed by atoms with Crippen LogP contribution < -0.4 is 5.32 Å². The Kier molecular flexibility index (Phi) is 3.69. The van der Waals surface area contributed by atoms with Gasteiger partial charge in [-0.1, -0.05) is 62.9 Å². The van der Waals surface area contributed by atoms with Gasteiger partial charge in [0.15, 0.2) is 0 Å². The lowest BCUT2D eigenvalue weighted by molar-refractivity contribution is 0.437. The van der Waals surface area contributed by atoms with Crippen molar-refractivity contribution in [2.45, 2.75) is 57.9 Å². The van der Waals surface area contributed by atoms with Crippen molar-refractivity contribution >= 4 is 16.5 Å². The Morgan fingerprint density at radius 2 is 1.85 bits per heavy atom. The van der Waals surface area contributed by atoms with E-state index in [1.807, 2.05) is 0 Å². The quantitative estimate of drug-likeness (QED) is 0.702. The van der Waals surface area contributed by atoms with Crippen LogP contribution in [0.25, 0.3) is 10.8 Å². The molecule has 0 fully saturated rings. The third kappa shape index (κ3) is 2.54. The van der Waals surface area contributed by atoms with Gasteiger partial charge in [-0.2, -0.15) is 0 Å². The third-order valence-electron chi connectivity index (χ3n) is 4.59. The van der Waals surface area contributed by atoms with Crippen molar-refractivity contribution in [2.24, 2.45) is 0 Å². The molecular weight excluding hydrogens is 242 g/mol. The monoisotopic (exact) mass is 267 g/mol. The second-order valence-electron chi connectivity index (χ2n) is 6.49. The number of rotatable bonds is 5. The van der Waals surface area contributed by atoms with E-state index in [4.69, 9.17) is 0 Å². The number of nitrogens with one attached hydrogen (secondary N) is 1. The summed E-state index contributed by atoms with van der Waals surface area (Å²) in [5.74, 6) is 0. The average molecular weight is 267 g/mol. The molecule has 1 aliphatic rings. The molecule has 0 aromatic heterocycles. The predicted molar refractivity (Wildman–Crippen MR) is 88.4 cm³/mol. The van der Waals surface area contributed by atoms with E-state index in [0.29, 0.717) is 0 Å². The van der Waals surface area contributed by atoms with Crippen LogP contribution in [0.4, 0.5) is 5.69 Å². The number of hydrogen-bond donors (Lipinski definition) is 1. The van der Waals surface area contributed by atoms with E-state index < -0.39 is 0 Å². The fraction of sp³-hybridized carbons (Fsp3) is 0.474. The number of anilines is 1. The van der Waals surface area contributed by atoms with Crippen molar-refractivity contribution in [3.05, 3.63) is 42.0 Å². The highest BCUT2D eigenvalue weighted by Gasteiger charge is 2.29. The minimum Gasteiger partial charge on any atom is -0.379 e. The van der Waals surface area contributed by atoms with Crippen molar-refractivity contribution in [1.82, 2.24) is 0 Å². The topological polar surface area (TPSA) is 12.0 Å². The highest BCUT2D eigenvalue weighted by Crippen LogP contribution is 2.38. The number of unbranched alkanes of at least 4 members (excludes halogenated alkanes) is 3. The zero-order chi connectivity index (χ0) is 14.0. The van der Waals surface area contributed by atoms with Crippen LogP contribution >= 0.6 is 0 Å². The highest BCUT2D eigenvalue weighted by molar-refractivity contribution is 5.98. The standard InChI is InChI=1S/C19H25N/c1-3-4-5-6-13-19(2)14-16-11-7-9-15-10-8-12-17(20-19)18(15)16/h7-12,20H,3-6,13-14H2,1-2H3. The summed E-state index contributed by atoms with van der Waals surface area (Å²) in [6.07, 6.45) is 7.77. The van der Waals surface area contributed by atoms with Crippen LogP contribution in [0.1, 0.15) is 51.5 Å². The van der Waals surface area contributed by atoms with Crippen molar-refractivity contribution in [1.29, 1.82) is 0 Å². The largest absolute Gasteiger partial charge is 0.379 e. The molecule has 2 aromatic carbocycles. The summed E-state index contributed by atoms with van der Waals surface area (Å²) >= 11 is 0. The van der Waals surface area contributed by atoms with Crippen LogP contribution in [0, 0.1) is 0 Å². The Hall–Kier alpha value is -1.50. The smallest absolute Gasteiger partial charge is 0.0426 e. The van der Waals surface area contributed by atoms with E-state index in [9.17, 15) is 0 Å². The molecule has 0 radical (unpaired) electrons. The van der Waals surface area contributed by atoms with Crippen LogP contribution in [0.15, 0.2) is 36.4 Å². The number of hydrogen-bond acceptors (Lipinski definition) is 1. The van der Waals surface area contributed by atoms with Crippen LogP contribution in [0.5, 0.6) is 0 Å². The first-order valence-corrected chi connectivity index (χ1v) is 8.01. The summed E-state index contributed by atoms with van der Waals surface area (Å²) < 4.78 is 0. The Morgan fingerprint density at radius 1 is 1.05 bits per heavy atom. The molecule has 1 heterocycles. The zero-order valence-corrected chi connectivity index (χ0v) is 12.7. The fourth-order valence-electron chi connectivity index (χ4n) is 3.55. The summed E-state index contributed by atoms with van der Waals surface area (Å²) in [5, 5.41) is 6.61. The zero-order valence-electron chi connectivity index (χ0n) is 12.7. The first-order valence-electron chi connectivity index (χ1n) is 8.01. The van der Waals surface area contributed by atoms with Crippen LogP contribution in [0.3, 0.4) is 0 Å². The molecular formula is C19H25N. The fourth-order valence-corrected chi connectivity index (χ4v) is 3.55. The van der Waals surface area contributed by atoms with Gasteiger partial charge < -0.3 is 5.32 Å². The van der Waals surface area contributed by atoms with Gasteiger partial charge in [-0.15, -0.1) is 0 Å². The van der Waals surface area contributed by atoms with Gasteiger partial charge in [-0.05, 0) is 36.8 Å². The molecule has 1 nitrogen and oxygen atoms in total. The van der Waals surface area contributed by atoms with E-state index in [0.717, 1.165) is 6.42 Å². The van der Waals surface area contributed by atoms with E-state index in [1.54, 1.807) is 0 Å². The summed E-state index contributed by atoms with van der Waals surface area (Å²) in [5.41, 5.74) is 3.05. The molecule has 1 N–H and O–H groups in total. The maximum Gasteiger partial charge on any atom is 0.0426 e. The van der Waals surface area contributed by atoms with Crippen LogP contribution in [-0.4, -0.2) is 5.54 Å². The molecule has 0 aliphatic carbocycles. The van der Waals surface area contributed by atoms with Crippen LogP contribution in [0.2, 0.25) is 0 Å². The van der Waals surface area contributed by atoms with Gasteiger partial charge in [0, 0.05) is 16.6 Å². The van der Waals surface area contributed by atoms with Gasteiger partial charge in [0.1, 0.15) is 0 Å². The van der Waals surface area contributed by atoms with Crippen molar-refractivity contribution in [3.63, 3.8) is 0 Å². The van der Waals surface area contributed by atoms with Gasteiger partial charge in [0.05, 0.1) is 0 Å². The lowest BCUT2D eigenvalue weighted by atomic mass is 9.82. The predicted octanol–water partition coefficient (Wildman–Crippen LogP) is 5.54. The second-order valence-corrected chi connectivity index (χ2v) is 6.49. The molecule has 1 heteroatoms. The van der Waals surface area contributed by atoms with Crippen molar-refractivity contribution in [3.8, 4) is 0 Å². The van der Waals surface area contributed by atoms with Gasteiger partial charge in [-0.3, -0.25) is 0 Å². The summed E-state index contributed by atoms with van der Waals surface area (Å²) in [6.45, 7) is 4.66. The summed E-state index contributed by atoms with van der Waals surface area (Å²) in [6, 6.07) is 13.3. The molecule has 1 unspecified atom stereocenters. The molecule has 2 aromatic rings. The van der Waals surface area contributed by atoms with E-state index in [-0.39, 0.29) is 5.54 Å². The van der Waals surface area contributed by atoms with Gasteiger partial charge in [0.25, 0.3) is 0 Å². The average Bonchev–Trinajstić information content (AvgIpc) is 2.44. The minimum absolute atomic E-state index is 0.219. The molecule has 106 valence electrons. The molecule has 1 aliphatic heterocycles. The van der Waals surface area contributed by atoms with Crippen molar-refractivity contribution in [2.75, 3.05) is 5.32 Å². The Morgan fingerprint density at radius 3 is 2.65 bits per heavy atom. The first kappa shape index (κ1) is 13.5. The third-order valence-corrected chi connectivity index (χ3v) is 4.59. The molecule has 1 atom stereocenters. The van der Waals surface area contributed by atoms with Crippen molar-refractivity contribution < 1.29 is 0 Å². The molecule has 0 amide bonds. The van der Waals surface area contributed by atoms with E-state index >= 15 is 0 Å².